The number of H-pyrrole nitrogens is 1. The van der Waals surface area contributed by atoms with Gasteiger partial charge in [0.25, 0.3) is 0 Å². The zero-order valence-electron chi connectivity index (χ0n) is 11.4. The Hall–Kier alpha value is -2.96. The topological polar surface area (TPSA) is 95.6 Å². The van der Waals surface area contributed by atoms with Gasteiger partial charge in [0.15, 0.2) is 5.65 Å². The van der Waals surface area contributed by atoms with Crippen LogP contribution in [0.1, 0.15) is 5.56 Å². The Balaban J connectivity index is 1.79. The third-order valence-corrected chi connectivity index (χ3v) is 3.11. The minimum Gasteiger partial charge on any atom is -0.359 e. The fraction of sp³-hybridized carbons (Fsp3) is 0.143. The highest BCUT2D eigenvalue weighted by molar-refractivity contribution is 5.87. The first-order valence-corrected chi connectivity index (χ1v) is 6.47. The Morgan fingerprint density at radius 3 is 2.81 bits per heavy atom. The zero-order valence-corrected chi connectivity index (χ0v) is 11.4. The van der Waals surface area contributed by atoms with Crippen LogP contribution in [0.15, 0.2) is 36.8 Å². The summed E-state index contributed by atoms with van der Waals surface area (Å²) in [5.74, 6) is 0.680. The Morgan fingerprint density at radius 1 is 1.24 bits per heavy atom. The molecule has 0 aliphatic heterocycles. The van der Waals surface area contributed by atoms with Gasteiger partial charge in [-0.2, -0.15) is 5.10 Å². The van der Waals surface area contributed by atoms with Crippen LogP contribution in [0.4, 0.5) is 11.5 Å². The number of likely N-dealkylation sites (N-methyl/N-ethyl adjacent to an activating group) is 1. The summed E-state index contributed by atoms with van der Waals surface area (Å²) in [6, 6.07) is 7.63. The molecule has 0 saturated carbocycles. The molecule has 0 unspecified atom stereocenters. The predicted molar refractivity (Wildman–Crippen MR) is 79.2 cm³/mol. The molecule has 3 rings (SSSR count). The predicted octanol–water partition coefficient (Wildman–Crippen LogP) is 1.38. The molecule has 0 bridgehead atoms. The first kappa shape index (κ1) is 13.0. The number of aromatic nitrogens is 4. The molecule has 0 atom stereocenters. The van der Waals surface area contributed by atoms with Crippen LogP contribution in [0.3, 0.4) is 0 Å². The number of aromatic amines is 1. The largest absolute Gasteiger partial charge is 0.359 e. The number of rotatable bonds is 4. The summed E-state index contributed by atoms with van der Waals surface area (Å²) in [5.41, 5.74) is 2.52. The maximum Gasteiger partial charge on any atom is 0.224 e. The number of nitrogens with zero attached hydrogens (tertiary/aromatic N) is 3. The van der Waals surface area contributed by atoms with Gasteiger partial charge >= 0.3 is 0 Å². The van der Waals surface area contributed by atoms with E-state index in [9.17, 15) is 4.79 Å². The van der Waals surface area contributed by atoms with E-state index in [4.69, 9.17) is 0 Å². The van der Waals surface area contributed by atoms with Crippen molar-refractivity contribution >= 4 is 28.4 Å². The molecule has 0 radical (unpaired) electrons. The third-order valence-electron chi connectivity index (χ3n) is 3.11. The van der Waals surface area contributed by atoms with Crippen molar-refractivity contribution in [2.24, 2.45) is 0 Å². The number of anilines is 2. The first-order chi connectivity index (χ1) is 10.3. The van der Waals surface area contributed by atoms with Crippen molar-refractivity contribution in [1.82, 2.24) is 25.5 Å². The van der Waals surface area contributed by atoms with Crippen LogP contribution in [0.5, 0.6) is 0 Å². The lowest BCUT2D eigenvalue weighted by Gasteiger charge is -2.07. The Kier molecular flexibility index (Phi) is 3.46. The van der Waals surface area contributed by atoms with E-state index in [1.54, 1.807) is 13.2 Å². The Bertz CT molecular complexity index is 764. The summed E-state index contributed by atoms with van der Waals surface area (Å²) in [7, 11) is 1.63. The molecule has 0 saturated heterocycles. The van der Waals surface area contributed by atoms with Crippen molar-refractivity contribution in [2.75, 3.05) is 12.4 Å². The second-order valence-electron chi connectivity index (χ2n) is 4.53. The van der Waals surface area contributed by atoms with E-state index >= 15 is 0 Å². The van der Waals surface area contributed by atoms with Gasteiger partial charge in [-0.25, -0.2) is 9.97 Å². The number of fused-ring (bicyclic) bond motifs is 1. The normalized spacial score (nSPS) is 10.5. The number of carbonyl (C=O) groups excluding carboxylic acids is 1. The lowest BCUT2D eigenvalue weighted by atomic mass is 10.1. The minimum absolute atomic E-state index is 0.00776. The number of benzene rings is 1. The number of hydrogen-bond donors (Lipinski definition) is 3. The van der Waals surface area contributed by atoms with Crippen molar-refractivity contribution < 1.29 is 4.79 Å². The van der Waals surface area contributed by atoms with Gasteiger partial charge in [-0.05, 0) is 17.7 Å². The molecule has 106 valence electrons. The van der Waals surface area contributed by atoms with E-state index in [-0.39, 0.29) is 5.91 Å². The van der Waals surface area contributed by atoms with E-state index in [0.29, 0.717) is 17.9 Å². The maximum atomic E-state index is 11.3. The molecule has 2 heterocycles. The molecule has 21 heavy (non-hydrogen) atoms. The third kappa shape index (κ3) is 2.81. The van der Waals surface area contributed by atoms with E-state index in [1.165, 1.54) is 6.33 Å². The molecule has 0 aliphatic carbocycles. The average molecular weight is 282 g/mol. The highest BCUT2D eigenvalue weighted by Crippen LogP contribution is 2.21. The van der Waals surface area contributed by atoms with Crippen LogP contribution >= 0.6 is 0 Å². The fourth-order valence-electron chi connectivity index (χ4n) is 1.98. The number of carbonyl (C=O) groups is 1. The van der Waals surface area contributed by atoms with Gasteiger partial charge in [-0.3, -0.25) is 9.89 Å². The molecule has 3 N–H and O–H groups in total. The highest BCUT2D eigenvalue weighted by Gasteiger charge is 2.06. The molecule has 1 aromatic carbocycles. The van der Waals surface area contributed by atoms with Gasteiger partial charge in [0.05, 0.1) is 18.0 Å². The summed E-state index contributed by atoms with van der Waals surface area (Å²) in [6.45, 7) is 0. The van der Waals surface area contributed by atoms with Crippen molar-refractivity contribution in [2.45, 2.75) is 6.42 Å². The lowest BCUT2D eigenvalue weighted by Crippen LogP contribution is -2.19. The summed E-state index contributed by atoms with van der Waals surface area (Å²) in [4.78, 5) is 19.6. The summed E-state index contributed by atoms with van der Waals surface area (Å²) in [5, 5.41) is 13.4. The van der Waals surface area contributed by atoms with E-state index in [1.807, 2.05) is 24.3 Å². The van der Waals surface area contributed by atoms with Crippen molar-refractivity contribution in [3.05, 3.63) is 42.4 Å². The van der Waals surface area contributed by atoms with Crippen molar-refractivity contribution in [3.8, 4) is 0 Å². The van der Waals surface area contributed by atoms with Gasteiger partial charge < -0.3 is 10.6 Å². The van der Waals surface area contributed by atoms with Crippen LogP contribution < -0.4 is 10.6 Å². The molecule has 7 heteroatoms. The van der Waals surface area contributed by atoms with Gasteiger partial charge in [0.2, 0.25) is 5.91 Å². The van der Waals surface area contributed by atoms with Gasteiger partial charge in [0, 0.05) is 12.7 Å². The minimum atomic E-state index is -0.00776. The standard InChI is InChI=1S/C14H14N6O/c1-15-12(21)6-9-2-4-10(5-3-9)19-13-11-7-18-20-14(11)17-8-16-13/h2-5,7-8H,6H2,1H3,(H,15,21)(H2,16,17,18,19,20). The van der Waals surface area contributed by atoms with Crippen LogP contribution in [0.25, 0.3) is 11.0 Å². The average Bonchev–Trinajstić information content (AvgIpc) is 2.99. The Labute approximate surface area is 120 Å². The monoisotopic (exact) mass is 282 g/mol. The SMILES string of the molecule is CNC(=O)Cc1ccc(Nc2ncnc3[nH]ncc23)cc1. The van der Waals surface area contributed by atoms with E-state index < -0.39 is 0 Å². The molecule has 7 nitrogen and oxygen atoms in total. The number of hydrogen-bond acceptors (Lipinski definition) is 5. The highest BCUT2D eigenvalue weighted by atomic mass is 16.1. The van der Waals surface area contributed by atoms with Gasteiger partial charge in [0.1, 0.15) is 12.1 Å². The van der Waals surface area contributed by atoms with Crippen LogP contribution in [0, 0.1) is 0 Å². The molecule has 3 aromatic rings. The smallest absolute Gasteiger partial charge is 0.224 e. The number of amides is 1. The molecule has 1 amide bonds. The van der Waals surface area contributed by atoms with Crippen molar-refractivity contribution in [1.29, 1.82) is 0 Å². The van der Waals surface area contributed by atoms with Gasteiger partial charge in [-0.15, -0.1) is 0 Å². The second-order valence-corrected chi connectivity index (χ2v) is 4.53. The fourth-order valence-corrected chi connectivity index (χ4v) is 1.98. The van der Waals surface area contributed by atoms with E-state index in [2.05, 4.69) is 30.8 Å². The molecule has 2 aromatic heterocycles. The van der Waals surface area contributed by atoms with Crippen LogP contribution in [-0.2, 0) is 11.2 Å². The first-order valence-electron chi connectivity index (χ1n) is 6.47. The van der Waals surface area contributed by atoms with Crippen molar-refractivity contribution in [3.63, 3.8) is 0 Å². The summed E-state index contributed by atoms with van der Waals surface area (Å²) < 4.78 is 0. The second kappa shape index (κ2) is 5.58. The summed E-state index contributed by atoms with van der Waals surface area (Å²) >= 11 is 0. The Morgan fingerprint density at radius 2 is 2.05 bits per heavy atom. The molecule has 0 spiro atoms. The molecular weight excluding hydrogens is 268 g/mol. The van der Waals surface area contributed by atoms with Crippen LogP contribution in [0.2, 0.25) is 0 Å². The maximum absolute atomic E-state index is 11.3. The van der Waals surface area contributed by atoms with E-state index in [0.717, 1.165) is 16.6 Å². The quantitative estimate of drug-likeness (QED) is 0.672. The molecule has 0 aliphatic rings. The van der Waals surface area contributed by atoms with Crippen LogP contribution in [-0.4, -0.2) is 33.1 Å². The lowest BCUT2D eigenvalue weighted by molar-refractivity contribution is -0.119. The zero-order chi connectivity index (χ0) is 14.7. The number of nitrogens with one attached hydrogen (secondary N) is 3. The molecular formula is C14H14N6O. The molecule has 0 fully saturated rings. The summed E-state index contributed by atoms with van der Waals surface area (Å²) in [6.07, 6.45) is 3.52. The van der Waals surface area contributed by atoms with Gasteiger partial charge in [-0.1, -0.05) is 12.1 Å².